The molecular weight excluding hydrogens is 358 g/mol. The highest BCUT2D eigenvalue weighted by Gasteiger charge is 2.35. The summed E-state index contributed by atoms with van der Waals surface area (Å²) in [5, 5.41) is 3.53. The van der Waals surface area contributed by atoms with Gasteiger partial charge in [0, 0.05) is 23.6 Å². The van der Waals surface area contributed by atoms with Crippen LogP contribution in [-0.4, -0.2) is 27.9 Å². The van der Waals surface area contributed by atoms with Gasteiger partial charge in [-0.2, -0.15) is 9.36 Å². The minimum atomic E-state index is -0.749. The normalized spacial score (nSPS) is 16.9. The van der Waals surface area contributed by atoms with E-state index in [0.717, 1.165) is 34.1 Å². The Hall–Kier alpha value is -2.87. The first kappa shape index (κ1) is 16.6. The molecule has 0 spiro atoms. The number of hydrogen-bond donors (Lipinski definition) is 1. The van der Waals surface area contributed by atoms with Crippen molar-refractivity contribution >= 4 is 28.3 Å². The lowest BCUT2D eigenvalue weighted by Crippen LogP contribution is -2.34. The molecule has 26 heavy (non-hydrogen) atoms. The second-order valence-corrected chi connectivity index (χ2v) is 6.59. The molecule has 2 aromatic carbocycles. The third-order valence-corrected chi connectivity index (χ3v) is 4.81. The summed E-state index contributed by atoms with van der Waals surface area (Å²) in [6.07, 6.45) is 0.423. The number of benzene rings is 2. The van der Waals surface area contributed by atoms with Crippen LogP contribution in [-0.2, 0) is 4.79 Å². The fraction of sp³-hybridized carbons (Fsp3) is 0.167. The summed E-state index contributed by atoms with van der Waals surface area (Å²) in [7, 11) is 0. The zero-order valence-electron chi connectivity index (χ0n) is 13.5. The van der Waals surface area contributed by atoms with Gasteiger partial charge in [0.1, 0.15) is 23.4 Å². The summed E-state index contributed by atoms with van der Waals surface area (Å²) in [5.41, 5.74) is 0.577. The first-order valence-electron chi connectivity index (χ1n) is 8.04. The van der Waals surface area contributed by atoms with Crippen molar-refractivity contribution in [1.82, 2.24) is 9.36 Å². The number of aromatic nitrogens is 2. The predicted octanol–water partition coefficient (Wildman–Crippen LogP) is 3.70. The fourth-order valence-electron chi connectivity index (χ4n) is 2.92. The molecule has 5 nitrogen and oxygen atoms in total. The first-order valence-corrected chi connectivity index (χ1v) is 8.82. The van der Waals surface area contributed by atoms with Crippen LogP contribution in [0, 0.1) is 11.6 Å². The molecule has 1 unspecified atom stereocenters. The van der Waals surface area contributed by atoms with Crippen molar-refractivity contribution in [3.8, 4) is 11.4 Å². The summed E-state index contributed by atoms with van der Waals surface area (Å²) >= 11 is 1.15. The molecule has 2 heterocycles. The average molecular weight is 372 g/mol. The molecule has 0 aliphatic carbocycles. The number of nitrogens with one attached hydrogen (secondary N) is 1. The summed E-state index contributed by atoms with van der Waals surface area (Å²) in [6, 6.07) is 12.5. The van der Waals surface area contributed by atoms with Crippen molar-refractivity contribution < 1.29 is 13.6 Å². The molecular formula is C18H14F2N4OS. The zero-order chi connectivity index (χ0) is 18.1. The van der Waals surface area contributed by atoms with Gasteiger partial charge in [0.2, 0.25) is 11.0 Å². The maximum absolute atomic E-state index is 13.9. The average Bonchev–Trinajstić information content (AvgIpc) is 3.25. The van der Waals surface area contributed by atoms with Gasteiger partial charge < -0.3 is 10.2 Å². The van der Waals surface area contributed by atoms with Crippen LogP contribution in [0.1, 0.15) is 6.42 Å². The van der Waals surface area contributed by atoms with E-state index in [-0.39, 0.29) is 18.1 Å². The molecule has 132 valence electrons. The lowest BCUT2D eigenvalue weighted by molar-refractivity contribution is -0.117. The SMILES string of the molecule is O=C1C(Nc2nc(-c3ccccc3)ns2)CCN1c1c(F)cccc1F. The molecule has 1 N–H and O–H groups in total. The molecule has 1 aliphatic rings. The highest BCUT2D eigenvalue weighted by Crippen LogP contribution is 2.29. The predicted molar refractivity (Wildman–Crippen MR) is 96.1 cm³/mol. The van der Waals surface area contributed by atoms with Crippen LogP contribution in [0.25, 0.3) is 11.4 Å². The molecule has 1 aliphatic heterocycles. The van der Waals surface area contributed by atoms with Crippen LogP contribution < -0.4 is 10.2 Å². The minimum absolute atomic E-state index is 0.235. The van der Waals surface area contributed by atoms with Gasteiger partial charge in [0.05, 0.1) is 0 Å². The largest absolute Gasteiger partial charge is 0.348 e. The van der Waals surface area contributed by atoms with E-state index in [9.17, 15) is 13.6 Å². The van der Waals surface area contributed by atoms with E-state index in [1.54, 1.807) is 0 Å². The Balaban J connectivity index is 1.51. The number of halogens is 2. The number of anilines is 2. The number of nitrogens with zero attached hydrogens (tertiary/aromatic N) is 3. The number of para-hydroxylation sites is 1. The van der Waals surface area contributed by atoms with E-state index in [1.165, 1.54) is 6.07 Å². The van der Waals surface area contributed by atoms with Gasteiger partial charge in [-0.25, -0.2) is 8.78 Å². The Bertz CT molecular complexity index is 927. The van der Waals surface area contributed by atoms with Crippen LogP contribution in [0.5, 0.6) is 0 Å². The van der Waals surface area contributed by atoms with Crippen LogP contribution in [0.4, 0.5) is 19.6 Å². The third-order valence-electron chi connectivity index (χ3n) is 4.17. The molecule has 1 aromatic heterocycles. The van der Waals surface area contributed by atoms with Crippen LogP contribution in [0.3, 0.4) is 0 Å². The molecule has 0 saturated carbocycles. The molecule has 0 bridgehead atoms. The third kappa shape index (κ3) is 3.03. The summed E-state index contributed by atoms with van der Waals surface area (Å²) in [4.78, 5) is 18.1. The van der Waals surface area contributed by atoms with Gasteiger partial charge in [0.15, 0.2) is 5.82 Å². The summed E-state index contributed by atoms with van der Waals surface area (Å²) in [6.45, 7) is 0.235. The lowest BCUT2D eigenvalue weighted by Gasteiger charge is -2.18. The smallest absolute Gasteiger partial charge is 0.249 e. The van der Waals surface area contributed by atoms with Crippen molar-refractivity contribution in [3.05, 3.63) is 60.2 Å². The van der Waals surface area contributed by atoms with Crippen molar-refractivity contribution in [2.75, 3.05) is 16.8 Å². The Morgan fingerprint density at radius 2 is 1.81 bits per heavy atom. The molecule has 1 amide bonds. The Kier molecular flexibility index (Phi) is 4.34. The first-order chi connectivity index (χ1) is 12.6. The standard InChI is InChI=1S/C18H14F2N4OS/c19-12-7-4-8-13(20)15(12)24-10-9-14(17(24)25)21-18-22-16(23-26-18)11-5-2-1-3-6-11/h1-8,14H,9-10H2,(H,21,22,23). The van der Waals surface area contributed by atoms with E-state index in [2.05, 4.69) is 14.7 Å². The van der Waals surface area contributed by atoms with Crippen molar-refractivity contribution in [3.63, 3.8) is 0 Å². The number of rotatable bonds is 4. The van der Waals surface area contributed by atoms with E-state index in [1.807, 2.05) is 30.3 Å². The van der Waals surface area contributed by atoms with Crippen molar-refractivity contribution in [2.24, 2.45) is 0 Å². The Morgan fingerprint density at radius 1 is 1.08 bits per heavy atom. The molecule has 0 radical (unpaired) electrons. The number of carbonyl (C=O) groups is 1. The lowest BCUT2D eigenvalue weighted by atomic mass is 10.2. The maximum atomic E-state index is 13.9. The minimum Gasteiger partial charge on any atom is -0.348 e. The molecule has 1 atom stereocenters. The maximum Gasteiger partial charge on any atom is 0.249 e. The van der Waals surface area contributed by atoms with E-state index >= 15 is 0 Å². The Morgan fingerprint density at radius 3 is 2.54 bits per heavy atom. The van der Waals surface area contributed by atoms with Gasteiger partial charge in [-0.15, -0.1) is 0 Å². The van der Waals surface area contributed by atoms with Crippen molar-refractivity contribution in [2.45, 2.75) is 12.5 Å². The quantitative estimate of drug-likeness (QED) is 0.759. The summed E-state index contributed by atoms with van der Waals surface area (Å²) < 4.78 is 32.2. The van der Waals surface area contributed by atoms with Gasteiger partial charge in [-0.05, 0) is 18.6 Å². The van der Waals surface area contributed by atoms with E-state index in [0.29, 0.717) is 17.4 Å². The second-order valence-electron chi connectivity index (χ2n) is 5.83. The molecule has 3 aromatic rings. The fourth-order valence-corrected chi connectivity index (χ4v) is 3.56. The molecule has 1 saturated heterocycles. The van der Waals surface area contributed by atoms with Crippen LogP contribution >= 0.6 is 11.5 Å². The number of amides is 1. The molecule has 1 fully saturated rings. The van der Waals surface area contributed by atoms with Gasteiger partial charge >= 0.3 is 0 Å². The second kappa shape index (κ2) is 6.80. The number of carbonyl (C=O) groups excluding carboxylic acids is 1. The highest BCUT2D eigenvalue weighted by atomic mass is 32.1. The van der Waals surface area contributed by atoms with E-state index < -0.39 is 17.7 Å². The Labute approximate surface area is 152 Å². The van der Waals surface area contributed by atoms with Crippen molar-refractivity contribution in [1.29, 1.82) is 0 Å². The van der Waals surface area contributed by atoms with E-state index in [4.69, 9.17) is 0 Å². The highest BCUT2D eigenvalue weighted by molar-refractivity contribution is 7.09. The van der Waals surface area contributed by atoms with Gasteiger partial charge in [0.25, 0.3) is 0 Å². The monoisotopic (exact) mass is 372 g/mol. The molecule has 8 heteroatoms. The number of hydrogen-bond acceptors (Lipinski definition) is 5. The topological polar surface area (TPSA) is 58.1 Å². The molecule has 4 rings (SSSR count). The van der Waals surface area contributed by atoms with Crippen LogP contribution in [0.15, 0.2) is 48.5 Å². The zero-order valence-corrected chi connectivity index (χ0v) is 14.3. The van der Waals surface area contributed by atoms with Gasteiger partial charge in [-0.3, -0.25) is 4.79 Å². The van der Waals surface area contributed by atoms with Crippen LogP contribution in [0.2, 0.25) is 0 Å². The summed E-state index contributed by atoms with van der Waals surface area (Å²) in [5.74, 6) is -1.31. The van der Waals surface area contributed by atoms with Gasteiger partial charge in [-0.1, -0.05) is 36.4 Å².